The number of aryl methyl sites for hydroxylation is 1. The highest BCUT2D eigenvalue weighted by Crippen LogP contribution is 2.22. The summed E-state index contributed by atoms with van der Waals surface area (Å²) in [5, 5.41) is 11.7. The maximum atomic E-state index is 13.2. The van der Waals surface area contributed by atoms with Crippen molar-refractivity contribution >= 4 is 22.4 Å². The van der Waals surface area contributed by atoms with Gasteiger partial charge in [-0.3, -0.25) is 10.1 Å². The van der Waals surface area contributed by atoms with Gasteiger partial charge in [0.15, 0.2) is 0 Å². The second-order valence-corrected chi connectivity index (χ2v) is 5.11. The third-order valence-corrected chi connectivity index (χ3v) is 3.46. The molecule has 1 heterocycles. The summed E-state index contributed by atoms with van der Waals surface area (Å²) in [4.78, 5) is 12.1. The van der Waals surface area contributed by atoms with Crippen molar-refractivity contribution in [1.82, 2.24) is 10.2 Å². The number of hydrogen-bond acceptors (Lipinski definition) is 5. The van der Waals surface area contributed by atoms with Gasteiger partial charge in [-0.15, -0.1) is 10.2 Å². The van der Waals surface area contributed by atoms with Gasteiger partial charge in [-0.1, -0.05) is 18.3 Å². The van der Waals surface area contributed by atoms with Crippen LogP contribution in [0.25, 0.3) is 0 Å². The highest BCUT2D eigenvalue weighted by atomic mass is 32.1. The third kappa shape index (κ3) is 3.30. The molecule has 2 aromatic rings. The van der Waals surface area contributed by atoms with Crippen molar-refractivity contribution in [3.05, 3.63) is 34.6 Å². The van der Waals surface area contributed by atoms with E-state index in [0.717, 1.165) is 23.9 Å². The van der Waals surface area contributed by atoms with Crippen molar-refractivity contribution in [1.29, 1.82) is 0 Å². The van der Waals surface area contributed by atoms with E-state index < -0.39 is 11.7 Å². The molecule has 106 valence electrons. The predicted molar refractivity (Wildman–Crippen MR) is 74.8 cm³/mol. The summed E-state index contributed by atoms with van der Waals surface area (Å²) in [6.45, 7) is 2.04. The van der Waals surface area contributed by atoms with Gasteiger partial charge in [0.2, 0.25) is 5.13 Å². The summed E-state index contributed by atoms with van der Waals surface area (Å²) in [7, 11) is 1.42. The molecule has 0 spiro atoms. The molecule has 0 aliphatic heterocycles. The molecule has 0 bridgehead atoms. The van der Waals surface area contributed by atoms with Crippen LogP contribution in [0.4, 0.5) is 9.52 Å². The smallest absolute Gasteiger partial charge is 0.261 e. The predicted octanol–water partition coefficient (Wildman–Crippen LogP) is 2.89. The fraction of sp³-hybridized carbons (Fsp3) is 0.308. The van der Waals surface area contributed by atoms with E-state index >= 15 is 0 Å². The zero-order valence-corrected chi connectivity index (χ0v) is 12.0. The van der Waals surface area contributed by atoms with Crippen LogP contribution in [-0.2, 0) is 6.42 Å². The van der Waals surface area contributed by atoms with E-state index in [2.05, 4.69) is 15.5 Å². The number of amides is 1. The third-order valence-electron chi connectivity index (χ3n) is 2.56. The van der Waals surface area contributed by atoms with E-state index in [1.165, 1.54) is 30.6 Å². The molecule has 5 nitrogen and oxygen atoms in total. The SMILES string of the molecule is CCCc1nnc(NC(=O)c2cc(F)ccc2OC)s1. The molecule has 0 aliphatic rings. The van der Waals surface area contributed by atoms with Gasteiger partial charge in [0, 0.05) is 6.42 Å². The monoisotopic (exact) mass is 295 g/mol. The zero-order chi connectivity index (χ0) is 14.5. The minimum absolute atomic E-state index is 0.125. The van der Waals surface area contributed by atoms with Crippen molar-refractivity contribution in [2.24, 2.45) is 0 Å². The van der Waals surface area contributed by atoms with Gasteiger partial charge >= 0.3 is 0 Å². The lowest BCUT2D eigenvalue weighted by Crippen LogP contribution is -2.13. The van der Waals surface area contributed by atoms with Gasteiger partial charge in [-0.05, 0) is 24.6 Å². The molecule has 1 aromatic carbocycles. The number of benzene rings is 1. The summed E-state index contributed by atoms with van der Waals surface area (Å²) in [6, 6.07) is 3.77. The van der Waals surface area contributed by atoms with Gasteiger partial charge in [-0.25, -0.2) is 4.39 Å². The van der Waals surface area contributed by atoms with E-state index in [1.807, 2.05) is 6.92 Å². The topological polar surface area (TPSA) is 64.1 Å². The molecule has 7 heteroatoms. The summed E-state index contributed by atoms with van der Waals surface area (Å²) in [5.41, 5.74) is 0.125. The molecule has 2 rings (SSSR count). The number of halogens is 1. The van der Waals surface area contributed by atoms with Crippen LogP contribution in [0.1, 0.15) is 28.7 Å². The molecular formula is C13H14FN3O2S. The average molecular weight is 295 g/mol. The number of anilines is 1. The molecular weight excluding hydrogens is 281 g/mol. The largest absolute Gasteiger partial charge is 0.496 e. The maximum absolute atomic E-state index is 13.2. The first-order valence-electron chi connectivity index (χ1n) is 6.11. The van der Waals surface area contributed by atoms with E-state index in [4.69, 9.17) is 4.74 Å². The summed E-state index contributed by atoms with van der Waals surface area (Å²) in [6.07, 6.45) is 1.77. The molecule has 1 N–H and O–H groups in total. The minimum atomic E-state index is -0.500. The number of rotatable bonds is 5. The Morgan fingerprint density at radius 2 is 2.25 bits per heavy atom. The first-order chi connectivity index (χ1) is 9.63. The average Bonchev–Trinajstić information content (AvgIpc) is 2.86. The lowest BCUT2D eigenvalue weighted by Gasteiger charge is -2.07. The van der Waals surface area contributed by atoms with Crippen LogP contribution in [-0.4, -0.2) is 23.2 Å². The first-order valence-corrected chi connectivity index (χ1v) is 6.93. The van der Waals surface area contributed by atoms with Crippen molar-refractivity contribution in [3.8, 4) is 5.75 Å². The Bertz CT molecular complexity index is 615. The van der Waals surface area contributed by atoms with Crippen molar-refractivity contribution in [2.45, 2.75) is 19.8 Å². The molecule has 0 unspecified atom stereocenters. The Labute approximate surface area is 119 Å². The first kappa shape index (κ1) is 14.4. The number of methoxy groups -OCH3 is 1. The van der Waals surface area contributed by atoms with E-state index in [1.54, 1.807) is 0 Å². The fourth-order valence-electron chi connectivity index (χ4n) is 1.64. The molecule has 0 radical (unpaired) electrons. The molecule has 20 heavy (non-hydrogen) atoms. The van der Waals surface area contributed by atoms with Crippen molar-refractivity contribution < 1.29 is 13.9 Å². The van der Waals surface area contributed by atoms with Crippen LogP contribution in [0.5, 0.6) is 5.75 Å². The second kappa shape index (κ2) is 6.42. The quantitative estimate of drug-likeness (QED) is 0.921. The molecule has 0 saturated carbocycles. The van der Waals surface area contributed by atoms with Crippen LogP contribution in [0.2, 0.25) is 0 Å². The van der Waals surface area contributed by atoms with Crippen LogP contribution in [0.3, 0.4) is 0 Å². The molecule has 0 fully saturated rings. The van der Waals surface area contributed by atoms with Crippen LogP contribution in [0, 0.1) is 5.82 Å². The molecule has 1 amide bonds. The van der Waals surface area contributed by atoms with Gasteiger partial charge in [0.1, 0.15) is 16.6 Å². The number of nitrogens with one attached hydrogen (secondary N) is 1. The highest BCUT2D eigenvalue weighted by molar-refractivity contribution is 7.15. The number of nitrogens with zero attached hydrogens (tertiary/aromatic N) is 2. The Morgan fingerprint density at radius 3 is 2.95 bits per heavy atom. The fourth-order valence-corrected chi connectivity index (χ4v) is 2.48. The van der Waals surface area contributed by atoms with Crippen LogP contribution < -0.4 is 10.1 Å². The Kier molecular flexibility index (Phi) is 4.62. The standard InChI is InChI=1S/C13H14FN3O2S/c1-3-4-11-16-17-13(20-11)15-12(18)9-7-8(14)5-6-10(9)19-2/h5-7H,3-4H2,1-2H3,(H,15,17,18). The van der Waals surface area contributed by atoms with Crippen molar-refractivity contribution in [3.63, 3.8) is 0 Å². The minimum Gasteiger partial charge on any atom is -0.496 e. The van der Waals surface area contributed by atoms with Gasteiger partial charge in [0.05, 0.1) is 12.7 Å². The molecule has 0 saturated heterocycles. The lowest BCUT2D eigenvalue weighted by molar-refractivity contribution is 0.102. The maximum Gasteiger partial charge on any atom is 0.261 e. The van der Waals surface area contributed by atoms with Gasteiger partial charge in [-0.2, -0.15) is 0 Å². The van der Waals surface area contributed by atoms with Gasteiger partial charge in [0.25, 0.3) is 5.91 Å². The molecule has 0 aliphatic carbocycles. The number of ether oxygens (including phenoxy) is 1. The van der Waals surface area contributed by atoms with Crippen molar-refractivity contribution in [2.75, 3.05) is 12.4 Å². The second-order valence-electron chi connectivity index (χ2n) is 4.05. The summed E-state index contributed by atoms with van der Waals surface area (Å²) < 4.78 is 18.3. The Morgan fingerprint density at radius 1 is 1.45 bits per heavy atom. The normalized spacial score (nSPS) is 10.3. The Hall–Kier alpha value is -2.02. The number of carbonyl (C=O) groups is 1. The van der Waals surface area contributed by atoms with E-state index in [9.17, 15) is 9.18 Å². The number of aromatic nitrogens is 2. The molecule has 0 atom stereocenters. The number of hydrogen-bond donors (Lipinski definition) is 1. The van der Waals surface area contributed by atoms with E-state index in [0.29, 0.717) is 10.9 Å². The van der Waals surface area contributed by atoms with Crippen LogP contribution >= 0.6 is 11.3 Å². The summed E-state index contributed by atoms with van der Waals surface area (Å²) >= 11 is 1.31. The highest BCUT2D eigenvalue weighted by Gasteiger charge is 2.15. The van der Waals surface area contributed by atoms with Gasteiger partial charge < -0.3 is 4.74 Å². The Balaban J connectivity index is 2.16. The zero-order valence-electron chi connectivity index (χ0n) is 11.1. The van der Waals surface area contributed by atoms with Crippen LogP contribution in [0.15, 0.2) is 18.2 Å². The lowest BCUT2D eigenvalue weighted by atomic mass is 10.2. The van der Waals surface area contributed by atoms with E-state index in [-0.39, 0.29) is 5.56 Å². The number of carbonyl (C=O) groups excluding carboxylic acids is 1. The molecule has 1 aromatic heterocycles. The summed E-state index contributed by atoms with van der Waals surface area (Å²) in [5.74, 6) is -0.664.